The predicted octanol–water partition coefficient (Wildman–Crippen LogP) is 4.61. The average Bonchev–Trinajstić information content (AvgIpc) is 1.71. The van der Waals surface area contributed by atoms with Crippen LogP contribution < -0.4 is 31.3 Å². The fraction of sp³-hybridized carbons (Fsp3) is 0.373. The van der Waals surface area contributed by atoms with Gasteiger partial charge in [0.05, 0.1) is 49.7 Å². The summed E-state index contributed by atoms with van der Waals surface area (Å²) in [4.78, 5) is 171. The van der Waals surface area contributed by atoms with Crippen LogP contribution in [0, 0.1) is 23.5 Å². The standard InChI is InChI=1S/C67H72F2N10O14/c1-36-61(86)76-54(25-43-33-72-52-17-12-45(69)30-50(43)52)63(88)75-53(24-42-32-71-51-16-11-44(68)29-49(42)51)57(81)26-40(28-60(84)85)62(87)77-55(31-46-34-70-35-73-46)64(89)78-56(21-38-9-14-48(93-3)15-10-38)65(90)79-19-5-18-67(79,2)58(82)27-41(66(91)92)23-47(80)13-8-37-6-4-7-39(20-37)22-59(83)74-36/h4,6-7,9-12,14-17,20,29-30,32-36,40-41,53-56,71-72H,5,8,13,18-19,21-28,31H2,1-3H3,(H,70,73)(H,74,83)(H,75,88)(H,76,86)(H,77,87)(H,78,89)(H,84,85)(H,91,92)/t36-,40+,41?,53+,54+,55+,56+,67+/m1/s1. The molecule has 2 bridgehead atoms. The molecule has 1 fully saturated rings. The van der Waals surface area contributed by atoms with Gasteiger partial charge in [-0.2, -0.15) is 0 Å². The second-order valence-electron chi connectivity index (χ2n) is 24.0. The van der Waals surface area contributed by atoms with E-state index in [0.29, 0.717) is 61.8 Å². The maximum atomic E-state index is 15.2. The van der Waals surface area contributed by atoms with E-state index in [1.54, 1.807) is 48.5 Å². The highest BCUT2D eigenvalue weighted by atomic mass is 19.1. The molecule has 10 N–H and O–H groups in total. The van der Waals surface area contributed by atoms with E-state index >= 15 is 14.4 Å². The van der Waals surface area contributed by atoms with Gasteiger partial charge in [-0.1, -0.05) is 36.4 Å². The molecule has 9 rings (SSSR count). The number of hydrogen-bond donors (Lipinski definition) is 10. The van der Waals surface area contributed by atoms with Crippen molar-refractivity contribution in [3.05, 3.63) is 155 Å². The minimum atomic E-state index is -1.78. The number of aliphatic carboxylic acids is 2. The van der Waals surface area contributed by atoms with E-state index in [1.807, 2.05) is 0 Å². The Morgan fingerprint density at radius 3 is 1.90 bits per heavy atom. The number of imidazole rings is 1. The fourth-order valence-corrected chi connectivity index (χ4v) is 12.1. The molecule has 488 valence electrons. The summed E-state index contributed by atoms with van der Waals surface area (Å²) < 4.78 is 35.0. The molecule has 2 aliphatic heterocycles. The van der Waals surface area contributed by atoms with Crippen LogP contribution in [0.5, 0.6) is 5.75 Å². The molecule has 0 spiro atoms. The van der Waals surface area contributed by atoms with Crippen molar-refractivity contribution < 1.29 is 76.5 Å². The lowest BCUT2D eigenvalue weighted by molar-refractivity contribution is -0.149. The maximum absolute atomic E-state index is 15.2. The lowest BCUT2D eigenvalue weighted by atomic mass is 9.84. The third-order valence-electron chi connectivity index (χ3n) is 17.3. The molecular weight excluding hydrogens is 1210 g/mol. The van der Waals surface area contributed by atoms with E-state index in [9.17, 15) is 57.4 Å². The molecule has 2 aliphatic rings. The quantitative estimate of drug-likeness (QED) is 0.0798. The van der Waals surface area contributed by atoms with Gasteiger partial charge in [0, 0.05) is 104 Å². The number of nitrogens with one attached hydrogen (secondary N) is 8. The van der Waals surface area contributed by atoms with Gasteiger partial charge in [-0.25, -0.2) is 13.8 Å². The number of amides is 6. The highest BCUT2D eigenvalue weighted by Gasteiger charge is 2.48. The van der Waals surface area contributed by atoms with Crippen molar-refractivity contribution in [2.45, 2.75) is 133 Å². The van der Waals surface area contributed by atoms with Gasteiger partial charge in [-0.3, -0.25) is 52.7 Å². The van der Waals surface area contributed by atoms with Crippen LogP contribution in [0.15, 0.2) is 110 Å². The van der Waals surface area contributed by atoms with E-state index in [-0.39, 0.29) is 57.2 Å². The van der Waals surface area contributed by atoms with Gasteiger partial charge in [0.25, 0.3) is 0 Å². The summed E-state index contributed by atoms with van der Waals surface area (Å²) in [6.45, 7) is 2.86. The number of carboxylic acids is 2. The first kappa shape index (κ1) is 67.0. The lowest BCUT2D eigenvalue weighted by Gasteiger charge is -2.37. The van der Waals surface area contributed by atoms with Gasteiger partial charge in [-0.15, -0.1) is 0 Å². The predicted molar refractivity (Wildman–Crippen MR) is 332 cm³/mol. The number of nitrogens with zero attached hydrogens (tertiary/aromatic N) is 2. The van der Waals surface area contributed by atoms with Crippen LogP contribution in [0.3, 0.4) is 0 Å². The number of carboxylic acid groups (broad SMARTS) is 2. The van der Waals surface area contributed by atoms with Gasteiger partial charge >= 0.3 is 11.9 Å². The van der Waals surface area contributed by atoms with Crippen LogP contribution in [0.25, 0.3) is 21.8 Å². The van der Waals surface area contributed by atoms with Crippen LogP contribution in [-0.4, -0.2) is 149 Å². The molecule has 8 atom stereocenters. The number of fused-ring (bicyclic) bond motifs is 5. The number of rotatable bonds is 12. The SMILES string of the molecule is COc1ccc(C[C@@H]2NC(=O)[C@H](Cc3cnc[nH]3)NC(=O)[C@H](CC(=O)O)CC(=O)[C@H](Cc3c[nH]c4ccc(F)cc34)NC(=O)[C@H](Cc3c[nH]c4ccc(F)cc34)NC(=O)[C@@H](C)NC(=O)Cc3cccc(c3)CCC(=O)CC(C(=O)O)CC(=O)[C@]3(C)CCCN3C2=O)cc1. The number of ketones is 3. The molecule has 7 aromatic rings. The van der Waals surface area contributed by atoms with Gasteiger partial charge in [0.2, 0.25) is 35.4 Å². The summed E-state index contributed by atoms with van der Waals surface area (Å²) in [5, 5.41) is 34.7. The van der Waals surface area contributed by atoms with Crippen molar-refractivity contribution in [3.63, 3.8) is 0 Å². The van der Waals surface area contributed by atoms with E-state index in [2.05, 4.69) is 46.5 Å². The van der Waals surface area contributed by atoms with Gasteiger partial charge in [0.1, 0.15) is 47.3 Å². The van der Waals surface area contributed by atoms with Crippen LogP contribution in [0.4, 0.5) is 8.78 Å². The molecule has 24 nitrogen and oxygen atoms in total. The summed E-state index contributed by atoms with van der Waals surface area (Å²) >= 11 is 0. The molecule has 3 aromatic heterocycles. The number of ether oxygens (including phenoxy) is 1. The minimum absolute atomic E-state index is 0.00490. The molecule has 26 heteroatoms. The summed E-state index contributed by atoms with van der Waals surface area (Å²) in [6, 6.07) is 13.3. The Hall–Kier alpha value is -10.4. The third-order valence-corrected chi connectivity index (χ3v) is 17.3. The number of hydrogen-bond acceptors (Lipinski definition) is 13. The molecule has 6 amide bonds. The number of Topliss-reactive ketones (excluding diaryl/α,β-unsaturated/α-hetero) is 3. The van der Waals surface area contributed by atoms with Crippen molar-refractivity contribution in [3.8, 4) is 5.75 Å². The zero-order valence-corrected chi connectivity index (χ0v) is 51.3. The number of aromatic nitrogens is 4. The second kappa shape index (κ2) is 29.7. The molecule has 1 saturated heterocycles. The number of benzene rings is 4. The van der Waals surface area contributed by atoms with Gasteiger partial charge < -0.3 is 61.4 Å². The summed E-state index contributed by atoms with van der Waals surface area (Å²) in [5.74, 6) is -14.4. The molecule has 0 saturated carbocycles. The molecule has 4 aromatic carbocycles. The molecule has 5 heterocycles. The average molecular weight is 1280 g/mol. The highest BCUT2D eigenvalue weighted by molar-refractivity contribution is 6.01. The van der Waals surface area contributed by atoms with Gasteiger partial charge in [0.15, 0.2) is 11.6 Å². The smallest absolute Gasteiger partial charge is 0.307 e. The number of carbonyl (C=O) groups excluding carboxylic acids is 9. The van der Waals surface area contributed by atoms with Crippen LogP contribution in [0.1, 0.15) is 92.3 Å². The van der Waals surface area contributed by atoms with E-state index in [1.165, 1.54) is 87.2 Å². The zero-order valence-electron chi connectivity index (χ0n) is 51.3. The van der Waals surface area contributed by atoms with E-state index in [0.717, 1.165) is 0 Å². The van der Waals surface area contributed by atoms with Crippen molar-refractivity contribution >= 4 is 86.5 Å². The summed E-state index contributed by atoms with van der Waals surface area (Å²) in [5.41, 5.74) is 1.83. The summed E-state index contributed by atoms with van der Waals surface area (Å²) in [6.07, 6.45) is 1.43. The first-order chi connectivity index (χ1) is 44.4. The number of H-pyrrole nitrogens is 3. The highest BCUT2D eigenvalue weighted by Crippen LogP contribution is 2.34. The maximum Gasteiger partial charge on any atom is 0.307 e. The minimum Gasteiger partial charge on any atom is -0.497 e. The largest absolute Gasteiger partial charge is 0.497 e. The number of carbonyl (C=O) groups is 11. The lowest BCUT2D eigenvalue weighted by Crippen LogP contribution is -2.60. The van der Waals surface area contributed by atoms with Crippen LogP contribution in [0.2, 0.25) is 0 Å². The van der Waals surface area contributed by atoms with Crippen molar-refractivity contribution in [2.24, 2.45) is 11.8 Å². The Morgan fingerprint density at radius 2 is 1.28 bits per heavy atom. The van der Waals surface area contributed by atoms with Crippen molar-refractivity contribution in [1.29, 1.82) is 0 Å². The Kier molecular flexibility index (Phi) is 21.4. The number of halogens is 2. The van der Waals surface area contributed by atoms with Gasteiger partial charge in [-0.05, 0) is 109 Å². The first-order valence-electron chi connectivity index (χ1n) is 30.5. The Balaban J connectivity index is 1.09. The fourth-order valence-electron chi connectivity index (χ4n) is 12.1. The monoisotopic (exact) mass is 1280 g/mol. The van der Waals surface area contributed by atoms with E-state index in [4.69, 9.17) is 4.74 Å². The first-order valence-corrected chi connectivity index (χ1v) is 30.5. The normalized spacial score (nSPS) is 23.2. The number of aromatic amines is 3. The second-order valence-corrected chi connectivity index (χ2v) is 24.0. The van der Waals surface area contributed by atoms with Crippen molar-refractivity contribution in [2.75, 3.05) is 13.7 Å². The zero-order chi connectivity index (χ0) is 66.7. The molecular formula is C67H72F2N10O14. The topological polar surface area (TPSA) is 361 Å². The third kappa shape index (κ3) is 17.0. The van der Waals surface area contributed by atoms with Crippen LogP contribution in [-0.2, 0) is 91.3 Å². The molecule has 0 aliphatic carbocycles. The Morgan fingerprint density at radius 1 is 0.667 bits per heavy atom. The molecule has 0 radical (unpaired) electrons. The van der Waals surface area contributed by atoms with Crippen molar-refractivity contribution in [1.82, 2.24) is 51.4 Å². The summed E-state index contributed by atoms with van der Waals surface area (Å²) in [7, 11) is 1.46. The van der Waals surface area contributed by atoms with Crippen LogP contribution >= 0.6 is 0 Å². The number of methoxy groups -OCH3 is 1. The molecule has 1 unspecified atom stereocenters. The van der Waals surface area contributed by atoms with E-state index < -0.39 is 156 Å². The number of aryl methyl sites for hydroxylation is 1. The Bertz CT molecular complexity index is 3980. The molecule has 93 heavy (non-hydrogen) atoms. The Labute approximate surface area is 531 Å².